The molecule has 1 saturated heterocycles. The molecule has 1 heterocycles. The molecule has 0 saturated carbocycles. The Kier molecular flexibility index (Phi) is 10.0. The number of aromatic hydroxyl groups is 1. The van der Waals surface area contributed by atoms with Gasteiger partial charge in [-0.05, 0) is 89.2 Å². The number of amides is 2. The molecule has 4 rings (SSSR count). The highest BCUT2D eigenvalue weighted by Crippen LogP contribution is 2.47. The Morgan fingerprint density at radius 1 is 1.15 bits per heavy atom. The average Bonchev–Trinajstić information content (AvgIpc) is 3.21. The fourth-order valence-corrected chi connectivity index (χ4v) is 6.70. The van der Waals surface area contributed by atoms with E-state index < -0.39 is 30.5 Å². The van der Waals surface area contributed by atoms with Gasteiger partial charge in [-0.15, -0.1) is 0 Å². The van der Waals surface area contributed by atoms with Crippen LogP contribution < -0.4 is 9.64 Å². The summed E-state index contributed by atoms with van der Waals surface area (Å²) in [6.07, 6.45) is 3.77. The molecule has 0 spiro atoms. The van der Waals surface area contributed by atoms with Crippen LogP contribution in [0.3, 0.4) is 0 Å². The van der Waals surface area contributed by atoms with Crippen molar-refractivity contribution in [2.24, 2.45) is 17.8 Å². The van der Waals surface area contributed by atoms with Crippen LogP contribution in [0.2, 0.25) is 0 Å². The first-order valence-corrected chi connectivity index (χ1v) is 14.6. The van der Waals surface area contributed by atoms with Gasteiger partial charge in [-0.1, -0.05) is 43.2 Å². The zero-order chi connectivity index (χ0) is 29.0. The summed E-state index contributed by atoms with van der Waals surface area (Å²) in [6, 6.07) is 12.3. The first-order valence-electron chi connectivity index (χ1n) is 13.6. The number of phenolic OH excluding ortho intramolecular Hbond substituents is 1. The Hall–Kier alpha value is -2.73. The van der Waals surface area contributed by atoms with Gasteiger partial charge in [0.25, 0.3) is 0 Å². The molecule has 4 N–H and O–H groups in total. The number of hydrogen-bond acceptors (Lipinski definition) is 7. The number of benzene rings is 2. The van der Waals surface area contributed by atoms with Crippen LogP contribution in [-0.2, 0) is 9.59 Å². The number of aliphatic hydroxyl groups excluding tert-OH is 3. The van der Waals surface area contributed by atoms with E-state index >= 15 is 0 Å². The summed E-state index contributed by atoms with van der Waals surface area (Å²) in [5.74, 6) is -2.50. The van der Waals surface area contributed by atoms with Gasteiger partial charge in [0.05, 0.1) is 47.5 Å². The lowest BCUT2D eigenvalue weighted by molar-refractivity contribution is -0.123. The maximum atomic E-state index is 13.5. The molecular formula is C31H36INO7. The number of phenols is 1. The molecule has 0 aromatic heterocycles. The molecule has 9 heteroatoms. The summed E-state index contributed by atoms with van der Waals surface area (Å²) < 4.78 is 5.95. The number of nitrogens with zero attached hydrogens (tertiary/aromatic N) is 1. The highest BCUT2D eigenvalue weighted by molar-refractivity contribution is 14.1. The van der Waals surface area contributed by atoms with Crippen LogP contribution >= 0.6 is 22.6 Å². The molecule has 0 bridgehead atoms. The number of rotatable bonds is 11. The number of halogens is 1. The lowest BCUT2D eigenvalue weighted by Crippen LogP contribution is -2.39. The molecule has 0 unspecified atom stereocenters. The van der Waals surface area contributed by atoms with Crippen molar-refractivity contribution in [1.29, 1.82) is 0 Å². The third kappa shape index (κ3) is 5.97. The Balaban J connectivity index is 1.58. The van der Waals surface area contributed by atoms with Crippen molar-refractivity contribution in [3.05, 3.63) is 68.3 Å². The van der Waals surface area contributed by atoms with Crippen LogP contribution in [-0.4, -0.2) is 58.7 Å². The van der Waals surface area contributed by atoms with E-state index in [0.717, 1.165) is 24.0 Å². The van der Waals surface area contributed by atoms with Crippen molar-refractivity contribution >= 4 is 46.2 Å². The number of carbonyl (C=O) groups is 2. The molecule has 214 valence electrons. The number of imide groups is 1. The van der Waals surface area contributed by atoms with Gasteiger partial charge < -0.3 is 25.2 Å². The third-order valence-electron chi connectivity index (χ3n) is 7.90. The van der Waals surface area contributed by atoms with Crippen molar-refractivity contribution in [1.82, 2.24) is 0 Å². The summed E-state index contributed by atoms with van der Waals surface area (Å²) in [6.45, 7) is 1.30. The van der Waals surface area contributed by atoms with Gasteiger partial charge >= 0.3 is 0 Å². The summed E-state index contributed by atoms with van der Waals surface area (Å²) in [5.41, 5.74) is 3.43. The fraction of sp³-hybridized carbons (Fsp3) is 0.419. The van der Waals surface area contributed by atoms with Gasteiger partial charge in [-0.25, -0.2) is 0 Å². The molecule has 1 aliphatic carbocycles. The second-order valence-electron chi connectivity index (χ2n) is 10.4. The highest BCUT2D eigenvalue weighted by Gasteiger charge is 2.55. The van der Waals surface area contributed by atoms with E-state index in [2.05, 4.69) is 29.5 Å². The predicted molar refractivity (Wildman–Crippen MR) is 161 cm³/mol. The number of hydrogen-bond donors (Lipinski definition) is 4. The minimum atomic E-state index is -0.997. The Morgan fingerprint density at radius 3 is 2.50 bits per heavy atom. The lowest BCUT2D eigenvalue weighted by Gasteiger charge is -2.36. The normalized spacial score (nSPS) is 22.1. The first-order chi connectivity index (χ1) is 19.2. The zero-order valence-corrected chi connectivity index (χ0v) is 24.9. The lowest BCUT2D eigenvalue weighted by atomic mass is 9.68. The van der Waals surface area contributed by atoms with E-state index in [-0.39, 0.29) is 30.6 Å². The number of anilines is 1. The van der Waals surface area contributed by atoms with Crippen LogP contribution in [0.4, 0.5) is 5.69 Å². The molecule has 2 amide bonds. The monoisotopic (exact) mass is 661 g/mol. The van der Waals surface area contributed by atoms with Crippen molar-refractivity contribution in [2.45, 2.75) is 45.1 Å². The number of ether oxygens (including phenoxy) is 1. The zero-order valence-electron chi connectivity index (χ0n) is 22.7. The summed E-state index contributed by atoms with van der Waals surface area (Å²) >= 11 is 2.05. The smallest absolute Gasteiger partial charge is 0.238 e. The minimum Gasteiger partial charge on any atom is -0.504 e. The average molecular weight is 662 g/mol. The number of carbonyl (C=O) groups excluding carboxylic acids is 2. The van der Waals surface area contributed by atoms with Crippen LogP contribution in [0.1, 0.15) is 44.6 Å². The third-order valence-corrected chi connectivity index (χ3v) is 8.72. The van der Waals surface area contributed by atoms with E-state index in [4.69, 9.17) is 4.74 Å². The quantitative estimate of drug-likeness (QED) is 0.159. The maximum absolute atomic E-state index is 13.5. The van der Waals surface area contributed by atoms with Crippen molar-refractivity contribution in [2.75, 3.05) is 25.2 Å². The van der Waals surface area contributed by atoms with Gasteiger partial charge in [0.2, 0.25) is 11.8 Å². The molecule has 4 atom stereocenters. The summed E-state index contributed by atoms with van der Waals surface area (Å²) in [4.78, 5) is 28.0. The van der Waals surface area contributed by atoms with Crippen LogP contribution in [0, 0.1) is 21.3 Å². The number of para-hydroxylation sites is 1. The van der Waals surface area contributed by atoms with E-state index in [0.29, 0.717) is 39.0 Å². The standard InChI is InChI=1S/C31H36INO7/c1-3-7-18(12-19-13-24(32)29(37)26(14-19)40-2)10-11-25(36)27-20(16-34)15-22-28(23(27)17-35)31(39)33(30(22)38)21-8-5-4-6-9-21/h4-6,8-9,12-14,22-23,25,28,34-37H,3,7,10-11,15-17H2,1-2H3/b18-12+/t22-,23+,25-,28-/m1/s1. The first kappa shape index (κ1) is 30.2. The Labute approximate surface area is 248 Å². The second-order valence-corrected chi connectivity index (χ2v) is 11.5. The Bertz CT molecular complexity index is 1310. The Morgan fingerprint density at radius 2 is 1.88 bits per heavy atom. The van der Waals surface area contributed by atoms with Crippen LogP contribution in [0.5, 0.6) is 11.5 Å². The number of allylic oxidation sites excluding steroid dienone is 1. The topological polar surface area (TPSA) is 128 Å². The molecular weight excluding hydrogens is 625 g/mol. The molecule has 0 radical (unpaired) electrons. The highest BCUT2D eigenvalue weighted by atomic mass is 127. The van der Waals surface area contributed by atoms with Crippen LogP contribution in [0.25, 0.3) is 6.08 Å². The van der Waals surface area contributed by atoms with Crippen LogP contribution in [0.15, 0.2) is 59.2 Å². The number of fused-ring (bicyclic) bond motifs is 1. The second kappa shape index (κ2) is 13.3. The molecule has 2 aromatic rings. The molecule has 40 heavy (non-hydrogen) atoms. The number of aliphatic hydroxyl groups is 3. The van der Waals surface area contributed by atoms with E-state index in [1.165, 1.54) is 12.0 Å². The molecule has 1 fully saturated rings. The molecule has 2 aromatic carbocycles. The van der Waals surface area contributed by atoms with Crippen molar-refractivity contribution < 1.29 is 34.8 Å². The summed E-state index contributed by atoms with van der Waals surface area (Å²) in [7, 11) is 1.50. The fourth-order valence-electron chi connectivity index (χ4n) is 6.07. The van der Waals surface area contributed by atoms with Gasteiger partial charge in [0, 0.05) is 5.92 Å². The predicted octanol–water partition coefficient (Wildman–Crippen LogP) is 4.44. The van der Waals surface area contributed by atoms with Gasteiger partial charge in [0.15, 0.2) is 11.5 Å². The molecule has 8 nitrogen and oxygen atoms in total. The van der Waals surface area contributed by atoms with Gasteiger partial charge in [0.1, 0.15) is 0 Å². The van der Waals surface area contributed by atoms with Gasteiger partial charge in [-0.3, -0.25) is 14.5 Å². The van der Waals surface area contributed by atoms with E-state index in [9.17, 15) is 30.0 Å². The van der Waals surface area contributed by atoms with Crippen molar-refractivity contribution in [3.8, 4) is 11.5 Å². The molecule has 2 aliphatic rings. The molecule has 1 aliphatic heterocycles. The SMILES string of the molecule is CCC/C(=C\c1cc(I)c(O)c(OC)c1)CC[C@@H](O)C1=C(CO)C[C@H]2C(=O)N(c3ccccc3)C(=O)[C@H]2[C@H]1CO. The largest absolute Gasteiger partial charge is 0.504 e. The number of methoxy groups -OCH3 is 1. The van der Waals surface area contributed by atoms with E-state index in [1.54, 1.807) is 36.4 Å². The summed E-state index contributed by atoms with van der Waals surface area (Å²) in [5, 5.41) is 42.2. The minimum absolute atomic E-state index is 0.0904. The van der Waals surface area contributed by atoms with Gasteiger partial charge in [-0.2, -0.15) is 0 Å². The van der Waals surface area contributed by atoms with Crippen molar-refractivity contribution in [3.63, 3.8) is 0 Å². The van der Waals surface area contributed by atoms with E-state index in [1.807, 2.05) is 12.1 Å². The maximum Gasteiger partial charge on any atom is 0.238 e.